The Labute approximate surface area is 114 Å². The highest BCUT2D eigenvalue weighted by Gasteiger charge is 2.22. The summed E-state index contributed by atoms with van der Waals surface area (Å²) in [6.07, 6.45) is 1.22. The lowest BCUT2D eigenvalue weighted by Gasteiger charge is -2.07. The molecule has 1 aromatic heterocycles. The number of sulfonamides is 1. The highest BCUT2D eigenvalue weighted by molar-refractivity contribution is 7.92. The molecule has 0 spiro atoms. The van der Waals surface area contributed by atoms with Gasteiger partial charge in [-0.25, -0.2) is 17.2 Å². The summed E-state index contributed by atoms with van der Waals surface area (Å²) < 4.78 is 53.9. The number of rotatable bonds is 4. The number of aryl methyl sites for hydroxylation is 1. The van der Waals surface area contributed by atoms with Crippen LogP contribution in [0.5, 0.6) is 0 Å². The summed E-state index contributed by atoms with van der Waals surface area (Å²) in [5.74, 6) is -1.87. The molecule has 1 heterocycles. The molecule has 20 heavy (non-hydrogen) atoms. The van der Waals surface area contributed by atoms with Gasteiger partial charge in [0.25, 0.3) is 10.0 Å². The number of benzene rings is 1. The van der Waals surface area contributed by atoms with Gasteiger partial charge < -0.3 is 5.73 Å². The summed E-state index contributed by atoms with van der Waals surface area (Å²) in [7, 11) is -4.14. The zero-order chi connectivity index (χ0) is 14.9. The lowest BCUT2D eigenvalue weighted by molar-refractivity contribution is 0.594. The maximum atomic E-state index is 13.4. The van der Waals surface area contributed by atoms with Gasteiger partial charge in [0, 0.05) is 18.8 Å². The van der Waals surface area contributed by atoms with Gasteiger partial charge in [-0.2, -0.15) is 5.10 Å². The number of nitrogens with two attached hydrogens (primary N) is 1. The molecule has 0 unspecified atom stereocenters. The molecule has 6 nitrogen and oxygen atoms in total. The standard InChI is InChI=1S/C11H12F2N4O2S/c1-2-17-6-10(11(14)15-17)20(18,19)16-9-5-7(12)3-4-8(9)13/h3-6,16H,2H2,1H3,(H2,14,15). The topological polar surface area (TPSA) is 90.0 Å². The monoisotopic (exact) mass is 302 g/mol. The second-order valence-corrected chi connectivity index (χ2v) is 5.61. The predicted octanol–water partition coefficient (Wildman–Crippen LogP) is 1.56. The molecule has 3 N–H and O–H groups in total. The van der Waals surface area contributed by atoms with Crippen molar-refractivity contribution in [3.05, 3.63) is 36.0 Å². The lowest BCUT2D eigenvalue weighted by Crippen LogP contribution is -2.15. The second kappa shape index (κ2) is 5.08. The minimum atomic E-state index is -4.14. The Morgan fingerprint density at radius 1 is 1.40 bits per heavy atom. The maximum absolute atomic E-state index is 13.4. The van der Waals surface area contributed by atoms with Gasteiger partial charge in [-0.15, -0.1) is 0 Å². The second-order valence-electron chi connectivity index (χ2n) is 3.96. The first kappa shape index (κ1) is 14.3. The maximum Gasteiger partial charge on any atom is 0.267 e. The van der Waals surface area contributed by atoms with Crippen molar-refractivity contribution in [3.8, 4) is 0 Å². The Morgan fingerprint density at radius 2 is 2.10 bits per heavy atom. The predicted molar refractivity (Wildman–Crippen MR) is 69.5 cm³/mol. The minimum Gasteiger partial charge on any atom is -0.381 e. The van der Waals surface area contributed by atoms with E-state index >= 15 is 0 Å². The molecule has 0 fully saturated rings. The zero-order valence-electron chi connectivity index (χ0n) is 10.5. The van der Waals surface area contributed by atoms with Crippen molar-refractivity contribution in [1.29, 1.82) is 0 Å². The minimum absolute atomic E-state index is 0.212. The Bertz CT molecular complexity index is 743. The van der Waals surface area contributed by atoms with Crippen LogP contribution in [-0.4, -0.2) is 18.2 Å². The molecular formula is C11H12F2N4O2S. The number of aromatic nitrogens is 2. The molecule has 0 atom stereocenters. The van der Waals surface area contributed by atoms with Gasteiger partial charge in [-0.1, -0.05) is 0 Å². The zero-order valence-corrected chi connectivity index (χ0v) is 11.3. The Hall–Kier alpha value is -2.16. The summed E-state index contributed by atoms with van der Waals surface area (Å²) in [5.41, 5.74) is 5.01. The van der Waals surface area contributed by atoms with Crippen LogP contribution in [0.25, 0.3) is 0 Å². The summed E-state index contributed by atoms with van der Waals surface area (Å²) in [5, 5.41) is 3.78. The summed E-state index contributed by atoms with van der Waals surface area (Å²) in [6, 6.07) is 2.45. The number of hydrogen-bond acceptors (Lipinski definition) is 4. The van der Waals surface area contributed by atoms with Crippen LogP contribution >= 0.6 is 0 Å². The van der Waals surface area contributed by atoms with Gasteiger partial charge in [0.05, 0.1) is 5.69 Å². The van der Waals surface area contributed by atoms with Crippen molar-refractivity contribution in [1.82, 2.24) is 9.78 Å². The SMILES string of the molecule is CCn1cc(S(=O)(=O)Nc2cc(F)ccc2F)c(N)n1. The fraction of sp³-hybridized carbons (Fsp3) is 0.182. The van der Waals surface area contributed by atoms with Gasteiger partial charge >= 0.3 is 0 Å². The Balaban J connectivity index is 2.40. The fourth-order valence-electron chi connectivity index (χ4n) is 1.56. The molecule has 0 aliphatic carbocycles. The molecule has 2 aromatic rings. The molecule has 0 bridgehead atoms. The van der Waals surface area contributed by atoms with E-state index in [1.807, 2.05) is 4.72 Å². The van der Waals surface area contributed by atoms with Crippen molar-refractivity contribution in [2.45, 2.75) is 18.4 Å². The van der Waals surface area contributed by atoms with E-state index < -0.39 is 27.3 Å². The Morgan fingerprint density at radius 3 is 2.70 bits per heavy atom. The van der Waals surface area contributed by atoms with Crippen LogP contribution in [0, 0.1) is 11.6 Å². The van der Waals surface area contributed by atoms with E-state index in [9.17, 15) is 17.2 Å². The quantitative estimate of drug-likeness (QED) is 0.897. The van der Waals surface area contributed by atoms with Crippen LogP contribution in [0.2, 0.25) is 0 Å². The van der Waals surface area contributed by atoms with Gasteiger partial charge in [0.2, 0.25) is 0 Å². The molecule has 0 saturated carbocycles. The molecule has 108 valence electrons. The fourth-order valence-corrected chi connectivity index (χ4v) is 2.70. The normalized spacial score (nSPS) is 11.6. The molecule has 0 amide bonds. The van der Waals surface area contributed by atoms with Crippen molar-refractivity contribution in [2.75, 3.05) is 10.5 Å². The van der Waals surface area contributed by atoms with E-state index in [1.54, 1.807) is 6.92 Å². The van der Waals surface area contributed by atoms with Crippen LogP contribution in [0.15, 0.2) is 29.3 Å². The van der Waals surface area contributed by atoms with Crippen LogP contribution < -0.4 is 10.5 Å². The van der Waals surface area contributed by atoms with E-state index in [0.29, 0.717) is 6.54 Å². The van der Waals surface area contributed by atoms with E-state index in [-0.39, 0.29) is 10.7 Å². The molecule has 1 aromatic carbocycles. The van der Waals surface area contributed by atoms with Crippen molar-refractivity contribution in [3.63, 3.8) is 0 Å². The highest BCUT2D eigenvalue weighted by Crippen LogP contribution is 2.22. The van der Waals surface area contributed by atoms with Gasteiger partial charge in [0.1, 0.15) is 16.5 Å². The van der Waals surface area contributed by atoms with Crippen molar-refractivity contribution in [2.24, 2.45) is 0 Å². The number of halogens is 2. The average molecular weight is 302 g/mol. The number of nitrogen functional groups attached to an aromatic ring is 1. The first-order valence-corrected chi connectivity index (χ1v) is 7.12. The molecule has 9 heteroatoms. The van der Waals surface area contributed by atoms with Crippen LogP contribution in [-0.2, 0) is 16.6 Å². The van der Waals surface area contributed by atoms with Gasteiger partial charge in [-0.05, 0) is 19.1 Å². The number of nitrogens with one attached hydrogen (secondary N) is 1. The van der Waals surface area contributed by atoms with Gasteiger partial charge in [0.15, 0.2) is 5.82 Å². The molecule has 0 aliphatic heterocycles. The lowest BCUT2D eigenvalue weighted by atomic mass is 10.3. The summed E-state index contributed by atoms with van der Waals surface area (Å²) >= 11 is 0. The molecule has 0 aliphatic rings. The Kier molecular flexibility index (Phi) is 3.62. The number of anilines is 2. The number of hydrogen-bond donors (Lipinski definition) is 2. The molecule has 2 rings (SSSR count). The average Bonchev–Trinajstić information content (AvgIpc) is 2.76. The van der Waals surface area contributed by atoms with Crippen LogP contribution in [0.3, 0.4) is 0 Å². The van der Waals surface area contributed by atoms with E-state index in [0.717, 1.165) is 18.2 Å². The van der Waals surface area contributed by atoms with Gasteiger partial charge in [-0.3, -0.25) is 9.40 Å². The smallest absolute Gasteiger partial charge is 0.267 e. The van der Waals surface area contributed by atoms with Crippen molar-refractivity contribution < 1.29 is 17.2 Å². The molecular weight excluding hydrogens is 290 g/mol. The van der Waals surface area contributed by atoms with Crippen molar-refractivity contribution >= 4 is 21.5 Å². The van der Waals surface area contributed by atoms with E-state index in [2.05, 4.69) is 5.10 Å². The third kappa shape index (κ3) is 2.72. The third-order valence-electron chi connectivity index (χ3n) is 2.54. The van der Waals surface area contributed by atoms with Crippen LogP contribution in [0.4, 0.5) is 20.3 Å². The molecule has 0 saturated heterocycles. The highest BCUT2D eigenvalue weighted by atomic mass is 32.2. The van der Waals surface area contributed by atoms with E-state index in [1.165, 1.54) is 10.9 Å². The third-order valence-corrected chi connectivity index (χ3v) is 3.92. The first-order valence-electron chi connectivity index (χ1n) is 5.64. The summed E-state index contributed by atoms with van der Waals surface area (Å²) in [4.78, 5) is -0.289. The largest absolute Gasteiger partial charge is 0.381 e. The van der Waals surface area contributed by atoms with Crippen LogP contribution in [0.1, 0.15) is 6.92 Å². The molecule has 0 radical (unpaired) electrons. The number of nitrogens with zero attached hydrogens (tertiary/aromatic N) is 2. The van der Waals surface area contributed by atoms with E-state index in [4.69, 9.17) is 5.73 Å². The first-order chi connectivity index (χ1) is 9.33. The summed E-state index contributed by atoms with van der Waals surface area (Å²) in [6.45, 7) is 2.18.